The van der Waals surface area contributed by atoms with Gasteiger partial charge in [0.15, 0.2) is 0 Å². The Kier molecular flexibility index (Phi) is 3.27. The molecule has 0 bridgehead atoms. The van der Waals surface area contributed by atoms with Gasteiger partial charge < -0.3 is 15.4 Å². The lowest BCUT2D eigenvalue weighted by Gasteiger charge is -2.11. The van der Waals surface area contributed by atoms with Gasteiger partial charge in [0.2, 0.25) is 11.8 Å². The van der Waals surface area contributed by atoms with E-state index in [-0.39, 0.29) is 5.69 Å². The van der Waals surface area contributed by atoms with Crippen molar-refractivity contribution in [3.8, 4) is 11.6 Å². The highest BCUT2D eigenvalue weighted by molar-refractivity contribution is 5.44. The molecule has 0 unspecified atom stereocenters. The van der Waals surface area contributed by atoms with E-state index in [0.717, 1.165) is 0 Å². The highest BCUT2D eigenvalue weighted by Gasteiger charge is 2.05. The van der Waals surface area contributed by atoms with Crippen molar-refractivity contribution in [1.82, 2.24) is 9.97 Å². The number of hydrogen-bond donors (Lipinski definition) is 1. The average Bonchev–Trinajstić information content (AvgIpc) is 2.34. The molecule has 6 heteroatoms. The lowest BCUT2D eigenvalue weighted by molar-refractivity contribution is 0.457. The van der Waals surface area contributed by atoms with Gasteiger partial charge in [-0.1, -0.05) is 0 Å². The average molecular weight is 248 g/mol. The minimum absolute atomic E-state index is 0.0824. The zero-order valence-electron chi connectivity index (χ0n) is 10.1. The first-order valence-corrected chi connectivity index (χ1v) is 5.29. The summed E-state index contributed by atoms with van der Waals surface area (Å²) in [5.41, 5.74) is 5.47. The van der Waals surface area contributed by atoms with Crippen molar-refractivity contribution in [2.75, 3.05) is 24.7 Å². The van der Waals surface area contributed by atoms with Gasteiger partial charge in [-0.2, -0.15) is 4.98 Å². The highest BCUT2D eigenvalue weighted by Crippen LogP contribution is 2.23. The Bertz CT molecular complexity index is 560. The summed E-state index contributed by atoms with van der Waals surface area (Å²) in [5, 5.41) is 0. The number of anilines is 2. The fourth-order valence-corrected chi connectivity index (χ4v) is 1.30. The SMILES string of the molecule is CN(C)c1nccc(Oc2ccc(N)c(F)c2)n1. The van der Waals surface area contributed by atoms with Gasteiger partial charge in [-0.25, -0.2) is 9.37 Å². The fourth-order valence-electron chi connectivity index (χ4n) is 1.30. The Labute approximate surface area is 104 Å². The van der Waals surface area contributed by atoms with Gasteiger partial charge in [0.05, 0.1) is 5.69 Å². The van der Waals surface area contributed by atoms with Crippen molar-refractivity contribution in [3.63, 3.8) is 0 Å². The lowest BCUT2D eigenvalue weighted by Crippen LogP contribution is -2.12. The van der Waals surface area contributed by atoms with E-state index in [1.165, 1.54) is 12.1 Å². The second-order valence-electron chi connectivity index (χ2n) is 3.87. The van der Waals surface area contributed by atoms with Gasteiger partial charge in [0, 0.05) is 32.4 Å². The molecule has 1 heterocycles. The van der Waals surface area contributed by atoms with E-state index >= 15 is 0 Å². The Hall–Kier alpha value is -2.37. The van der Waals surface area contributed by atoms with Crippen LogP contribution in [0.1, 0.15) is 0 Å². The van der Waals surface area contributed by atoms with Crippen LogP contribution in [0, 0.1) is 5.82 Å². The molecule has 0 saturated carbocycles. The fraction of sp³-hybridized carbons (Fsp3) is 0.167. The van der Waals surface area contributed by atoms with Gasteiger partial charge in [0.1, 0.15) is 11.6 Å². The number of nitrogens with zero attached hydrogens (tertiary/aromatic N) is 3. The minimum Gasteiger partial charge on any atom is -0.439 e. The molecule has 0 saturated heterocycles. The molecule has 1 aromatic heterocycles. The Balaban J connectivity index is 2.23. The number of benzene rings is 1. The molecule has 0 aliphatic rings. The van der Waals surface area contributed by atoms with Crippen LogP contribution in [-0.4, -0.2) is 24.1 Å². The van der Waals surface area contributed by atoms with Crippen molar-refractivity contribution in [2.45, 2.75) is 0 Å². The largest absolute Gasteiger partial charge is 0.439 e. The van der Waals surface area contributed by atoms with Gasteiger partial charge >= 0.3 is 0 Å². The standard InChI is InChI=1S/C12H13FN4O/c1-17(2)12-15-6-5-11(16-12)18-8-3-4-10(14)9(13)7-8/h3-7H,14H2,1-2H3. The van der Waals surface area contributed by atoms with E-state index in [1.807, 2.05) is 14.1 Å². The van der Waals surface area contributed by atoms with E-state index in [4.69, 9.17) is 10.5 Å². The smallest absolute Gasteiger partial charge is 0.228 e. The van der Waals surface area contributed by atoms with Crippen LogP contribution in [0.3, 0.4) is 0 Å². The van der Waals surface area contributed by atoms with E-state index in [1.54, 1.807) is 23.2 Å². The number of ether oxygens (including phenoxy) is 1. The summed E-state index contributed by atoms with van der Waals surface area (Å²) >= 11 is 0. The van der Waals surface area contributed by atoms with E-state index in [0.29, 0.717) is 17.6 Å². The third kappa shape index (κ3) is 2.65. The summed E-state index contributed by atoms with van der Waals surface area (Å²) in [4.78, 5) is 9.96. The molecule has 18 heavy (non-hydrogen) atoms. The second-order valence-corrected chi connectivity index (χ2v) is 3.87. The molecule has 0 fully saturated rings. The van der Waals surface area contributed by atoms with Crippen LogP contribution < -0.4 is 15.4 Å². The topological polar surface area (TPSA) is 64.3 Å². The minimum atomic E-state index is -0.519. The van der Waals surface area contributed by atoms with E-state index < -0.39 is 5.82 Å². The number of hydrogen-bond acceptors (Lipinski definition) is 5. The summed E-state index contributed by atoms with van der Waals surface area (Å²) in [6.45, 7) is 0. The summed E-state index contributed by atoms with van der Waals surface area (Å²) in [5.74, 6) is 0.681. The number of rotatable bonds is 3. The third-order valence-electron chi connectivity index (χ3n) is 2.21. The van der Waals surface area contributed by atoms with E-state index in [2.05, 4.69) is 9.97 Å². The zero-order chi connectivity index (χ0) is 13.1. The van der Waals surface area contributed by atoms with Gasteiger partial charge in [-0.15, -0.1) is 0 Å². The number of nitrogen functional groups attached to an aromatic ring is 1. The molecule has 94 valence electrons. The molecule has 0 spiro atoms. The van der Waals surface area contributed by atoms with Gasteiger partial charge in [-0.05, 0) is 12.1 Å². The Morgan fingerprint density at radius 3 is 2.72 bits per heavy atom. The monoisotopic (exact) mass is 248 g/mol. The maximum Gasteiger partial charge on any atom is 0.228 e. The molecule has 2 rings (SSSR count). The van der Waals surface area contributed by atoms with Gasteiger partial charge in [-0.3, -0.25) is 0 Å². The molecule has 1 aromatic carbocycles. The molecule has 0 aliphatic heterocycles. The molecular weight excluding hydrogens is 235 g/mol. The quantitative estimate of drug-likeness (QED) is 0.842. The van der Waals surface area contributed by atoms with Crippen molar-refractivity contribution < 1.29 is 9.13 Å². The number of nitrogens with two attached hydrogens (primary N) is 1. The molecule has 0 atom stereocenters. The molecule has 0 radical (unpaired) electrons. The first-order valence-electron chi connectivity index (χ1n) is 5.29. The predicted octanol–water partition coefficient (Wildman–Crippen LogP) is 2.06. The molecular formula is C12H13FN4O. The van der Waals surface area contributed by atoms with Crippen LogP contribution >= 0.6 is 0 Å². The van der Waals surface area contributed by atoms with E-state index in [9.17, 15) is 4.39 Å². The first kappa shape index (κ1) is 12.1. The molecule has 5 nitrogen and oxygen atoms in total. The van der Waals surface area contributed by atoms with Crippen molar-refractivity contribution in [2.24, 2.45) is 0 Å². The van der Waals surface area contributed by atoms with Crippen LogP contribution in [0.25, 0.3) is 0 Å². The second kappa shape index (κ2) is 4.87. The summed E-state index contributed by atoms with van der Waals surface area (Å²) in [6, 6.07) is 5.84. The molecule has 2 aromatic rings. The Morgan fingerprint density at radius 1 is 1.28 bits per heavy atom. The maximum atomic E-state index is 13.2. The molecule has 0 aliphatic carbocycles. The van der Waals surface area contributed by atoms with Crippen LogP contribution in [0.15, 0.2) is 30.5 Å². The zero-order valence-corrected chi connectivity index (χ0v) is 10.1. The molecule has 0 amide bonds. The van der Waals surface area contributed by atoms with Crippen LogP contribution in [0.4, 0.5) is 16.0 Å². The van der Waals surface area contributed by atoms with Crippen LogP contribution in [0.5, 0.6) is 11.6 Å². The van der Waals surface area contributed by atoms with Crippen molar-refractivity contribution in [3.05, 3.63) is 36.3 Å². The lowest BCUT2D eigenvalue weighted by atomic mass is 10.3. The van der Waals surface area contributed by atoms with Gasteiger partial charge in [0.25, 0.3) is 0 Å². The number of aromatic nitrogens is 2. The predicted molar refractivity (Wildman–Crippen MR) is 67.2 cm³/mol. The summed E-state index contributed by atoms with van der Waals surface area (Å²) < 4.78 is 18.7. The van der Waals surface area contributed by atoms with Crippen molar-refractivity contribution >= 4 is 11.6 Å². The van der Waals surface area contributed by atoms with Crippen molar-refractivity contribution in [1.29, 1.82) is 0 Å². The van der Waals surface area contributed by atoms with Crippen LogP contribution in [-0.2, 0) is 0 Å². The normalized spacial score (nSPS) is 10.2. The third-order valence-corrected chi connectivity index (χ3v) is 2.21. The highest BCUT2D eigenvalue weighted by atomic mass is 19.1. The number of halogens is 1. The maximum absolute atomic E-state index is 13.2. The summed E-state index contributed by atoms with van der Waals surface area (Å²) in [6.07, 6.45) is 1.57. The summed E-state index contributed by atoms with van der Waals surface area (Å²) in [7, 11) is 3.64. The Morgan fingerprint density at radius 2 is 2.06 bits per heavy atom. The first-order chi connectivity index (χ1) is 8.56. The molecule has 2 N–H and O–H groups in total. The van der Waals surface area contributed by atoms with Crippen LogP contribution in [0.2, 0.25) is 0 Å².